The third-order valence-corrected chi connectivity index (χ3v) is 6.31. The van der Waals surface area contributed by atoms with E-state index in [4.69, 9.17) is 0 Å². The molecule has 5 nitrogen and oxygen atoms in total. The Morgan fingerprint density at radius 3 is 2.52 bits per heavy atom. The van der Waals surface area contributed by atoms with E-state index in [0.717, 1.165) is 49.9 Å². The van der Waals surface area contributed by atoms with Crippen molar-refractivity contribution in [2.45, 2.75) is 51.6 Å². The van der Waals surface area contributed by atoms with Crippen LogP contribution in [0.4, 0.5) is 0 Å². The second kappa shape index (κ2) is 8.85. The molecule has 2 heterocycles. The molecule has 1 aliphatic carbocycles. The van der Waals surface area contributed by atoms with Crippen molar-refractivity contribution < 1.29 is 9.59 Å². The Labute approximate surface area is 173 Å². The van der Waals surface area contributed by atoms with Crippen LogP contribution < -0.4 is 0 Å². The maximum Gasteiger partial charge on any atom is 0.243 e. The Kier molecular flexibility index (Phi) is 6.02. The Balaban J connectivity index is 1.56. The third kappa shape index (κ3) is 4.09. The zero-order chi connectivity index (χ0) is 20.2. The minimum absolute atomic E-state index is 0.0473. The van der Waals surface area contributed by atoms with Gasteiger partial charge in [-0.2, -0.15) is 0 Å². The average Bonchev–Trinajstić information content (AvgIpc) is 3.44. The second-order valence-corrected chi connectivity index (χ2v) is 8.27. The number of rotatable bonds is 6. The highest BCUT2D eigenvalue weighted by molar-refractivity contribution is 5.86. The molecule has 5 heteroatoms. The summed E-state index contributed by atoms with van der Waals surface area (Å²) in [6, 6.07) is 14.3. The van der Waals surface area contributed by atoms with Crippen LogP contribution in [0.1, 0.15) is 56.3 Å². The molecular weight excluding hydrogens is 362 g/mol. The van der Waals surface area contributed by atoms with Crippen molar-refractivity contribution >= 4 is 11.8 Å². The molecule has 29 heavy (non-hydrogen) atoms. The molecule has 0 bridgehead atoms. The van der Waals surface area contributed by atoms with Gasteiger partial charge in [-0.3, -0.25) is 9.59 Å². The van der Waals surface area contributed by atoms with Gasteiger partial charge in [-0.05, 0) is 37.0 Å². The topological polar surface area (TPSA) is 45.6 Å². The molecule has 1 fully saturated rings. The summed E-state index contributed by atoms with van der Waals surface area (Å²) in [6.45, 7) is 4.37. The van der Waals surface area contributed by atoms with Gasteiger partial charge in [-0.1, -0.05) is 50.1 Å². The third-order valence-electron chi connectivity index (χ3n) is 6.31. The van der Waals surface area contributed by atoms with Crippen molar-refractivity contribution in [1.82, 2.24) is 14.4 Å². The van der Waals surface area contributed by atoms with E-state index in [1.165, 1.54) is 0 Å². The summed E-state index contributed by atoms with van der Waals surface area (Å²) >= 11 is 0. The van der Waals surface area contributed by atoms with Gasteiger partial charge >= 0.3 is 0 Å². The van der Waals surface area contributed by atoms with Gasteiger partial charge in [0.1, 0.15) is 0 Å². The number of carbonyl (C=O) groups is 2. The van der Waals surface area contributed by atoms with Crippen molar-refractivity contribution in [3.05, 3.63) is 59.9 Å². The van der Waals surface area contributed by atoms with E-state index in [0.29, 0.717) is 13.1 Å². The Bertz CT molecular complexity index is 839. The van der Waals surface area contributed by atoms with Crippen molar-refractivity contribution in [2.75, 3.05) is 19.6 Å². The molecule has 1 aromatic carbocycles. The Morgan fingerprint density at radius 1 is 1.03 bits per heavy atom. The lowest BCUT2D eigenvalue weighted by Gasteiger charge is -2.38. The van der Waals surface area contributed by atoms with Gasteiger partial charge in [0.15, 0.2) is 0 Å². The van der Waals surface area contributed by atoms with Crippen LogP contribution >= 0.6 is 0 Å². The maximum atomic E-state index is 13.4. The van der Waals surface area contributed by atoms with Crippen LogP contribution in [0.3, 0.4) is 0 Å². The normalized spacial score (nSPS) is 19.2. The molecule has 1 aromatic heterocycles. The summed E-state index contributed by atoms with van der Waals surface area (Å²) in [5.74, 6) is 0.332. The molecule has 2 amide bonds. The summed E-state index contributed by atoms with van der Waals surface area (Å²) in [4.78, 5) is 30.2. The fourth-order valence-electron chi connectivity index (χ4n) is 4.86. The number of hydrogen-bond acceptors (Lipinski definition) is 2. The van der Waals surface area contributed by atoms with Crippen molar-refractivity contribution in [1.29, 1.82) is 0 Å². The number of benzene rings is 1. The van der Waals surface area contributed by atoms with Crippen molar-refractivity contribution in [3.8, 4) is 0 Å². The molecule has 0 N–H and O–H groups in total. The van der Waals surface area contributed by atoms with E-state index in [2.05, 4.69) is 35.9 Å². The average molecular weight is 394 g/mol. The number of fused-ring (bicyclic) bond motifs is 1. The maximum absolute atomic E-state index is 13.4. The fourth-order valence-corrected chi connectivity index (χ4v) is 4.86. The number of aromatic nitrogens is 1. The lowest BCUT2D eigenvalue weighted by atomic mass is 9.99. The van der Waals surface area contributed by atoms with Crippen LogP contribution in [-0.4, -0.2) is 45.8 Å². The van der Waals surface area contributed by atoms with Crippen LogP contribution in [0.5, 0.6) is 0 Å². The van der Waals surface area contributed by atoms with E-state index >= 15 is 0 Å². The van der Waals surface area contributed by atoms with Gasteiger partial charge in [-0.25, -0.2) is 0 Å². The first kappa shape index (κ1) is 19.7. The highest BCUT2D eigenvalue weighted by Gasteiger charge is 2.34. The van der Waals surface area contributed by atoms with Crippen LogP contribution in [0.2, 0.25) is 0 Å². The van der Waals surface area contributed by atoms with Crippen molar-refractivity contribution in [2.24, 2.45) is 5.92 Å². The minimum atomic E-state index is -0.0995. The van der Waals surface area contributed by atoms with Gasteiger partial charge in [0.25, 0.3) is 0 Å². The number of nitrogens with zero attached hydrogens (tertiary/aromatic N) is 3. The molecule has 2 aliphatic rings. The summed E-state index contributed by atoms with van der Waals surface area (Å²) in [5.41, 5.74) is 2.25. The zero-order valence-corrected chi connectivity index (χ0v) is 17.3. The summed E-state index contributed by atoms with van der Waals surface area (Å²) in [6.07, 6.45) is 7.15. The first-order chi connectivity index (χ1) is 14.2. The van der Waals surface area contributed by atoms with Gasteiger partial charge in [0.2, 0.25) is 11.8 Å². The monoisotopic (exact) mass is 393 g/mol. The van der Waals surface area contributed by atoms with Gasteiger partial charge in [-0.15, -0.1) is 0 Å². The lowest BCUT2D eigenvalue weighted by molar-refractivity contribution is -0.144. The molecule has 1 unspecified atom stereocenters. The molecule has 1 atom stereocenters. The van der Waals surface area contributed by atoms with Crippen LogP contribution in [-0.2, 0) is 16.1 Å². The van der Waals surface area contributed by atoms with Gasteiger partial charge in [0, 0.05) is 37.4 Å². The predicted molar refractivity (Wildman–Crippen MR) is 113 cm³/mol. The summed E-state index contributed by atoms with van der Waals surface area (Å²) in [5, 5.41) is 0. The van der Waals surface area contributed by atoms with E-state index in [-0.39, 0.29) is 30.3 Å². The number of carbonyl (C=O) groups excluding carboxylic acids is 2. The lowest BCUT2D eigenvalue weighted by Crippen LogP contribution is -2.49. The number of amides is 2. The highest BCUT2D eigenvalue weighted by atomic mass is 16.2. The molecule has 1 aliphatic heterocycles. The van der Waals surface area contributed by atoms with E-state index in [1.807, 2.05) is 34.1 Å². The Morgan fingerprint density at radius 2 is 1.79 bits per heavy atom. The largest absolute Gasteiger partial charge is 0.348 e. The smallest absolute Gasteiger partial charge is 0.243 e. The molecule has 1 saturated carbocycles. The molecule has 0 spiro atoms. The Hall–Kier alpha value is -2.56. The molecule has 154 valence electrons. The molecule has 2 aromatic rings. The van der Waals surface area contributed by atoms with E-state index < -0.39 is 0 Å². The molecular formula is C24H31N3O2. The first-order valence-electron chi connectivity index (χ1n) is 11.0. The van der Waals surface area contributed by atoms with Crippen molar-refractivity contribution in [3.63, 3.8) is 0 Å². The summed E-state index contributed by atoms with van der Waals surface area (Å²) < 4.78 is 2.23. The predicted octanol–water partition coefficient (Wildman–Crippen LogP) is 3.85. The van der Waals surface area contributed by atoms with Crippen LogP contribution in [0, 0.1) is 5.92 Å². The zero-order valence-electron chi connectivity index (χ0n) is 17.3. The van der Waals surface area contributed by atoms with Gasteiger partial charge < -0.3 is 14.4 Å². The van der Waals surface area contributed by atoms with Gasteiger partial charge in [0.05, 0.1) is 12.6 Å². The molecule has 4 rings (SSSR count). The van der Waals surface area contributed by atoms with Crippen LogP contribution in [0.15, 0.2) is 48.7 Å². The van der Waals surface area contributed by atoms with E-state index in [1.54, 1.807) is 0 Å². The van der Waals surface area contributed by atoms with Crippen LogP contribution in [0.25, 0.3) is 0 Å². The standard InChI is InChI=1S/C24H31N3O2/c1-2-14-26(24(29)20-11-6-7-12-20)18-22(28)27-17-16-25-15-8-13-21(25)23(27)19-9-4-3-5-10-19/h3-5,8-10,13,15,20,23H,2,6-7,11-12,14,16-18H2,1H3. The highest BCUT2D eigenvalue weighted by Crippen LogP contribution is 2.33. The fraction of sp³-hybridized carbons (Fsp3) is 0.500. The summed E-state index contributed by atoms with van der Waals surface area (Å²) in [7, 11) is 0. The number of hydrogen-bond donors (Lipinski definition) is 0. The first-order valence-corrected chi connectivity index (χ1v) is 11.0. The minimum Gasteiger partial charge on any atom is -0.348 e. The second-order valence-electron chi connectivity index (χ2n) is 8.27. The quantitative estimate of drug-likeness (QED) is 0.748. The SMILES string of the molecule is CCCN(CC(=O)N1CCn2cccc2C1c1ccccc1)C(=O)C1CCCC1. The van der Waals surface area contributed by atoms with E-state index in [9.17, 15) is 9.59 Å². The molecule has 0 saturated heterocycles. The molecule has 0 radical (unpaired) electrons.